The maximum absolute atomic E-state index is 12.7. The summed E-state index contributed by atoms with van der Waals surface area (Å²) in [6, 6.07) is 1.95. The third-order valence-electron chi connectivity index (χ3n) is 5.10. The fourth-order valence-corrected chi connectivity index (χ4v) is 4.74. The molecule has 2 aliphatic heterocycles. The summed E-state index contributed by atoms with van der Waals surface area (Å²) < 4.78 is 22.4. The first-order valence-electron chi connectivity index (χ1n) is 8.85. The second-order valence-electron chi connectivity index (χ2n) is 7.21. The highest BCUT2D eigenvalue weighted by Gasteiger charge is 2.26. The van der Waals surface area contributed by atoms with Gasteiger partial charge < -0.3 is 10.2 Å². The summed E-state index contributed by atoms with van der Waals surface area (Å²) in [6.45, 7) is 3.21. The lowest BCUT2D eigenvalue weighted by Crippen LogP contribution is -2.40. The van der Waals surface area contributed by atoms with E-state index in [-0.39, 0.29) is 42.4 Å². The van der Waals surface area contributed by atoms with Crippen LogP contribution in [0.1, 0.15) is 35.2 Å². The maximum atomic E-state index is 12.7. The van der Waals surface area contributed by atoms with Crippen LogP contribution < -0.4 is 10.5 Å². The van der Waals surface area contributed by atoms with Gasteiger partial charge in [-0.05, 0) is 62.2 Å². The molecular formula is C17H28Cl2N4O3S. The van der Waals surface area contributed by atoms with E-state index in [2.05, 4.69) is 10.3 Å². The second kappa shape index (κ2) is 10.6. The van der Waals surface area contributed by atoms with Crippen molar-refractivity contribution in [1.29, 1.82) is 0 Å². The normalized spacial score (nSPS) is 20.6. The SMILES string of the molecule is Cl.Cl.NS(=O)(=O)CC1CCN(C(=O)c2cncc(CC3CCNC3)c2)CC1. The lowest BCUT2D eigenvalue weighted by atomic mass is 9.97. The Kier molecular flexibility index (Phi) is 9.44. The molecule has 3 rings (SSSR count). The van der Waals surface area contributed by atoms with E-state index in [0.717, 1.165) is 31.5 Å². The Bertz CT molecular complexity index is 719. The van der Waals surface area contributed by atoms with Gasteiger partial charge in [0.05, 0.1) is 11.3 Å². The highest BCUT2D eigenvalue weighted by atomic mass is 35.5. The fourth-order valence-electron chi connectivity index (χ4n) is 3.75. The van der Waals surface area contributed by atoms with E-state index in [0.29, 0.717) is 37.4 Å². The number of aromatic nitrogens is 1. The Morgan fingerprint density at radius 2 is 1.89 bits per heavy atom. The van der Waals surface area contributed by atoms with Crippen LogP contribution in [0, 0.1) is 11.8 Å². The van der Waals surface area contributed by atoms with Crippen molar-refractivity contribution in [3.63, 3.8) is 0 Å². The van der Waals surface area contributed by atoms with Crippen LogP contribution in [-0.4, -0.2) is 56.1 Å². The minimum absolute atomic E-state index is 0. The van der Waals surface area contributed by atoms with Crippen LogP contribution in [0.3, 0.4) is 0 Å². The first kappa shape index (κ1) is 24.1. The van der Waals surface area contributed by atoms with E-state index in [9.17, 15) is 13.2 Å². The lowest BCUT2D eigenvalue weighted by Gasteiger charge is -2.31. The molecule has 0 aromatic carbocycles. The van der Waals surface area contributed by atoms with Gasteiger partial charge in [0.1, 0.15) is 0 Å². The number of hydrogen-bond acceptors (Lipinski definition) is 5. The van der Waals surface area contributed by atoms with Crippen molar-refractivity contribution in [1.82, 2.24) is 15.2 Å². The maximum Gasteiger partial charge on any atom is 0.255 e. The third kappa shape index (κ3) is 7.19. The van der Waals surface area contributed by atoms with Gasteiger partial charge in [0, 0.05) is 25.5 Å². The van der Waals surface area contributed by atoms with Crippen molar-refractivity contribution in [3.8, 4) is 0 Å². The molecule has 0 aliphatic carbocycles. The Hall–Kier alpha value is -0.930. The summed E-state index contributed by atoms with van der Waals surface area (Å²) in [4.78, 5) is 18.7. The minimum Gasteiger partial charge on any atom is -0.339 e. The molecule has 1 atom stereocenters. The lowest BCUT2D eigenvalue weighted by molar-refractivity contribution is 0.0697. The number of nitrogens with one attached hydrogen (secondary N) is 1. The molecule has 0 saturated carbocycles. The molecule has 1 aromatic heterocycles. The number of likely N-dealkylation sites (tertiary alicyclic amines) is 1. The Morgan fingerprint density at radius 1 is 1.19 bits per heavy atom. The number of nitrogens with two attached hydrogens (primary N) is 1. The number of sulfonamides is 1. The molecule has 154 valence electrons. The van der Waals surface area contributed by atoms with Gasteiger partial charge >= 0.3 is 0 Å². The van der Waals surface area contributed by atoms with Crippen molar-refractivity contribution in [2.45, 2.75) is 25.7 Å². The molecule has 0 bridgehead atoms. The molecule has 1 aromatic rings. The summed E-state index contributed by atoms with van der Waals surface area (Å²) >= 11 is 0. The van der Waals surface area contributed by atoms with Gasteiger partial charge in [-0.3, -0.25) is 9.78 Å². The predicted molar refractivity (Wildman–Crippen MR) is 110 cm³/mol. The molecule has 3 N–H and O–H groups in total. The average Bonchev–Trinajstić information content (AvgIpc) is 3.07. The van der Waals surface area contributed by atoms with Gasteiger partial charge in [-0.1, -0.05) is 0 Å². The zero-order valence-electron chi connectivity index (χ0n) is 15.2. The molecule has 1 amide bonds. The van der Waals surface area contributed by atoms with Crippen LogP contribution >= 0.6 is 24.8 Å². The van der Waals surface area contributed by atoms with Crippen LogP contribution in [0.4, 0.5) is 0 Å². The number of carbonyl (C=O) groups excluding carboxylic acids is 1. The highest BCUT2D eigenvalue weighted by molar-refractivity contribution is 7.89. The zero-order valence-corrected chi connectivity index (χ0v) is 17.6. The number of carbonyl (C=O) groups is 1. The number of halogens is 2. The first-order chi connectivity index (χ1) is 11.9. The van der Waals surface area contributed by atoms with Gasteiger partial charge in [0.2, 0.25) is 10.0 Å². The van der Waals surface area contributed by atoms with Crippen molar-refractivity contribution in [3.05, 3.63) is 29.6 Å². The van der Waals surface area contributed by atoms with E-state index in [4.69, 9.17) is 5.14 Å². The van der Waals surface area contributed by atoms with Gasteiger partial charge in [-0.2, -0.15) is 0 Å². The number of hydrogen-bond donors (Lipinski definition) is 2. The zero-order chi connectivity index (χ0) is 17.9. The molecular weight excluding hydrogens is 411 g/mol. The summed E-state index contributed by atoms with van der Waals surface area (Å²) in [6.07, 6.45) is 6.90. The largest absolute Gasteiger partial charge is 0.339 e. The summed E-state index contributed by atoms with van der Waals surface area (Å²) in [5, 5.41) is 8.47. The van der Waals surface area contributed by atoms with Crippen molar-refractivity contribution < 1.29 is 13.2 Å². The summed E-state index contributed by atoms with van der Waals surface area (Å²) in [5.74, 6) is 0.633. The summed E-state index contributed by atoms with van der Waals surface area (Å²) in [5.41, 5.74) is 1.72. The molecule has 0 radical (unpaired) electrons. The number of piperidine rings is 1. The van der Waals surface area contributed by atoms with E-state index >= 15 is 0 Å². The standard InChI is InChI=1S/C17H26N4O3S.2ClH/c18-25(23,24)12-13-2-5-21(6-3-13)17(22)16-8-15(10-20-11-16)7-14-1-4-19-9-14;;/h8,10-11,13-14,19H,1-7,9,12H2,(H2,18,23,24);2*1H. The molecule has 3 heterocycles. The highest BCUT2D eigenvalue weighted by Crippen LogP contribution is 2.21. The smallest absolute Gasteiger partial charge is 0.255 e. The average molecular weight is 439 g/mol. The van der Waals surface area contributed by atoms with E-state index in [1.807, 2.05) is 12.3 Å². The van der Waals surface area contributed by atoms with E-state index in [1.54, 1.807) is 11.1 Å². The Morgan fingerprint density at radius 3 is 2.48 bits per heavy atom. The quantitative estimate of drug-likeness (QED) is 0.718. The van der Waals surface area contributed by atoms with Gasteiger partial charge in [-0.15, -0.1) is 24.8 Å². The number of pyridine rings is 1. The van der Waals surface area contributed by atoms with Gasteiger partial charge in [0.25, 0.3) is 5.91 Å². The van der Waals surface area contributed by atoms with Crippen molar-refractivity contribution in [2.75, 3.05) is 31.9 Å². The fraction of sp³-hybridized carbons (Fsp3) is 0.647. The third-order valence-corrected chi connectivity index (χ3v) is 6.03. The first-order valence-corrected chi connectivity index (χ1v) is 10.6. The second-order valence-corrected chi connectivity index (χ2v) is 8.87. The topological polar surface area (TPSA) is 105 Å². The summed E-state index contributed by atoms with van der Waals surface area (Å²) in [7, 11) is -3.45. The Labute approximate surface area is 173 Å². The minimum atomic E-state index is -3.45. The monoisotopic (exact) mass is 438 g/mol. The van der Waals surface area contributed by atoms with Crippen LogP contribution in [0.5, 0.6) is 0 Å². The Balaban J connectivity index is 0.00000182. The van der Waals surface area contributed by atoms with Gasteiger partial charge in [-0.25, -0.2) is 13.6 Å². The van der Waals surface area contributed by atoms with Crippen LogP contribution in [0.15, 0.2) is 18.5 Å². The molecule has 0 spiro atoms. The molecule has 27 heavy (non-hydrogen) atoms. The number of amides is 1. The molecule has 2 aliphatic rings. The molecule has 2 fully saturated rings. The van der Waals surface area contributed by atoms with Crippen molar-refractivity contribution >= 4 is 40.7 Å². The van der Waals surface area contributed by atoms with Crippen LogP contribution in [0.25, 0.3) is 0 Å². The van der Waals surface area contributed by atoms with Crippen LogP contribution in [0.2, 0.25) is 0 Å². The molecule has 1 unspecified atom stereocenters. The predicted octanol–water partition coefficient (Wildman–Crippen LogP) is 1.22. The van der Waals surface area contributed by atoms with E-state index in [1.165, 1.54) is 0 Å². The molecule has 2 saturated heterocycles. The molecule has 10 heteroatoms. The molecule has 7 nitrogen and oxygen atoms in total. The number of nitrogens with zero attached hydrogens (tertiary/aromatic N) is 2. The number of rotatable bonds is 5. The van der Waals surface area contributed by atoms with Crippen molar-refractivity contribution in [2.24, 2.45) is 17.0 Å². The van der Waals surface area contributed by atoms with Gasteiger partial charge in [0.15, 0.2) is 0 Å². The van der Waals surface area contributed by atoms with Crippen LogP contribution in [-0.2, 0) is 16.4 Å². The van der Waals surface area contributed by atoms with E-state index < -0.39 is 10.0 Å². The number of primary sulfonamides is 1.